The van der Waals surface area contributed by atoms with Gasteiger partial charge in [0, 0.05) is 4.47 Å². The summed E-state index contributed by atoms with van der Waals surface area (Å²) in [4.78, 5) is 10.8. The molecule has 0 aromatic heterocycles. The Balaban J connectivity index is 2.14. The van der Waals surface area contributed by atoms with E-state index in [1.807, 2.05) is 6.07 Å². The minimum atomic E-state index is -1.02. The maximum absolute atomic E-state index is 10.8. The number of rotatable bonds is 7. The molecule has 110 valence electrons. The molecule has 0 amide bonds. The molecule has 1 unspecified atom stereocenters. The largest absolute Gasteiger partial charge is 0.493 e. The van der Waals surface area contributed by atoms with Crippen LogP contribution in [0.15, 0.2) is 16.6 Å². The van der Waals surface area contributed by atoms with Crippen LogP contribution in [0.25, 0.3) is 0 Å². The molecule has 0 saturated heterocycles. The normalized spacial score (nSPS) is 15.8. The monoisotopic (exact) mass is 343 g/mol. The third kappa shape index (κ3) is 3.86. The highest BCUT2D eigenvalue weighted by Crippen LogP contribution is 2.36. The van der Waals surface area contributed by atoms with Crippen LogP contribution in [-0.2, 0) is 11.2 Å². The summed E-state index contributed by atoms with van der Waals surface area (Å²) in [6, 6.07) is 2.65. The molecular formula is C14H18BrNO4. The Morgan fingerprint density at radius 2 is 2.20 bits per heavy atom. The van der Waals surface area contributed by atoms with Crippen LogP contribution in [0.3, 0.4) is 0 Å². The van der Waals surface area contributed by atoms with Crippen LogP contribution < -0.4 is 15.2 Å². The summed E-state index contributed by atoms with van der Waals surface area (Å²) in [6.45, 7) is 0.691. The lowest BCUT2D eigenvalue weighted by molar-refractivity contribution is -0.138. The van der Waals surface area contributed by atoms with Gasteiger partial charge in [0.15, 0.2) is 11.5 Å². The molecule has 0 bridgehead atoms. The summed E-state index contributed by atoms with van der Waals surface area (Å²) < 4.78 is 11.8. The number of aliphatic carboxylic acids is 1. The van der Waals surface area contributed by atoms with Crippen LogP contribution >= 0.6 is 15.9 Å². The van der Waals surface area contributed by atoms with Crippen LogP contribution in [-0.4, -0.2) is 30.8 Å². The molecule has 20 heavy (non-hydrogen) atoms. The van der Waals surface area contributed by atoms with Crippen molar-refractivity contribution in [2.24, 2.45) is 11.7 Å². The predicted octanol–water partition coefficient (Wildman–Crippen LogP) is 2.20. The molecule has 2 rings (SSSR count). The molecule has 1 saturated carbocycles. The van der Waals surface area contributed by atoms with Crippen molar-refractivity contribution in [2.45, 2.75) is 25.3 Å². The molecule has 1 aromatic rings. The van der Waals surface area contributed by atoms with E-state index in [2.05, 4.69) is 15.9 Å². The predicted molar refractivity (Wildman–Crippen MR) is 78.2 cm³/mol. The molecular weight excluding hydrogens is 326 g/mol. The number of methoxy groups -OCH3 is 1. The van der Waals surface area contributed by atoms with Crippen LogP contribution in [0.4, 0.5) is 0 Å². The fraction of sp³-hybridized carbons (Fsp3) is 0.500. The second-order valence-electron chi connectivity index (χ2n) is 5.00. The van der Waals surface area contributed by atoms with E-state index in [0.717, 1.165) is 10.0 Å². The number of nitrogens with two attached hydrogens (primary N) is 1. The van der Waals surface area contributed by atoms with E-state index in [1.54, 1.807) is 13.2 Å². The van der Waals surface area contributed by atoms with E-state index >= 15 is 0 Å². The highest BCUT2D eigenvalue weighted by molar-refractivity contribution is 9.10. The minimum Gasteiger partial charge on any atom is -0.493 e. The van der Waals surface area contributed by atoms with E-state index in [4.69, 9.17) is 20.3 Å². The lowest BCUT2D eigenvalue weighted by atomic mass is 10.1. The number of ether oxygens (including phenoxy) is 2. The Morgan fingerprint density at radius 1 is 1.50 bits per heavy atom. The van der Waals surface area contributed by atoms with E-state index in [9.17, 15) is 4.79 Å². The number of hydrogen-bond donors (Lipinski definition) is 2. The van der Waals surface area contributed by atoms with Gasteiger partial charge >= 0.3 is 5.97 Å². The van der Waals surface area contributed by atoms with Gasteiger partial charge in [-0.3, -0.25) is 4.79 Å². The van der Waals surface area contributed by atoms with Gasteiger partial charge in [-0.15, -0.1) is 0 Å². The average Bonchev–Trinajstić information content (AvgIpc) is 3.22. The maximum atomic E-state index is 10.8. The van der Waals surface area contributed by atoms with Crippen molar-refractivity contribution < 1.29 is 19.4 Å². The van der Waals surface area contributed by atoms with Gasteiger partial charge in [0.1, 0.15) is 6.04 Å². The minimum absolute atomic E-state index is 0.231. The SMILES string of the molecule is COc1cc(CC(N)C(=O)O)c(Br)cc1OCC1CC1. The topological polar surface area (TPSA) is 81.8 Å². The van der Waals surface area contributed by atoms with E-state index in [0.29, 0.717) is 24.0 Å². The van der Waals surface area contributed by atoms with Gasteiger partial charge in [0.25, 0.3) is 0 Å². The second-order valence-corrected chi connectivity index (χ2v) is 5.85. The van der Waals surface area contributed by atoms with Crippen LogP contribution in [0.1, 0.15) is 18.4 Å². The summed E-state index contributed by atoms with van der Waals surface area (Å²) >= 11 is 3.43. The fourth-order valence-electron chi connectivity index (χ4n) is 1.82. The Labute approximate surface area is 126 Å². The number of hydrogen-bond acceptors (Lipinski definition) is 4. The standard InChI is InChI=1S/C14H18BrNO4/c1-19-12-5-9(4-11(16)14(17)18)10(15)6-13(12)20-7-8-2-3-8/h5-6,8,11H,2-4,7,16H2,1H3,(H,17,18). The first kappa shape index (κ1) is 15.1. The van der Waals surface area contributed by atoms with Crippen molar-refractivity contribution in [3.63, 3.8) is 0 Å². The van der Waals surface area contributed by atoms with Gasteiger partial charge in [0.05, 0.1) is 13.7 Å². The van der Waals surface area contributed by atoms with Crippen molar-refractivity contribution in [1.82, 2.24) is 0 Å². The van der Waals surface area contributed by atoms with Crippen molar-refractivity contribution in [2.75, 3.05) is 13.7 Å². The molecule has 1 aliphatic carbocycles. The third-order valence-corrected chi connectivity index (χ3v) is 4.00. The molecule has 5 nitrogen and oxygen atoms in total. The van der Waals surface area contributed by atoms with Gasteiger partial charge < -0.3 is 20.3 Å². The lowest BCUT2D eigenvalue weighted by Crippen LogP contribution is -2.32. The van der Waals surface area contributed by atoms with Gasteiger partial charge in [-0.1, -0.05) is 15.9 Å². The second kappa shape index (κ2) is 6.45. The van der Waals surface area contributed by atoms with Crippen LogP contribution in [0.2, 0.25) is 0 Å². The van der Waals surface area contributed by atoms with E-state index < -0.39 is 12.0 Å². The first-order valence-corrected chi connectivity index (χ1v) is 7.28. The zero-order chi connectivity index (χ0) is 14.7. The molecule has 0 heterocycles. The van der Waals surface area contributed by atoms with Crippen molar-refractivity contribution in [1.29, 1.82) is 0 Å². The lowest BCUT2D eigenvalue weighted by Gasteiger charge is -2.15. The van der Waals surface area contributed by atoms with E-state index in [1.165, 1.54) is 12.8 Å². The average molecular weight is 344 g/mol. The number of benzene rings is 1. The van der Waals surface area contributed by atoms with Crippen molar-refractivity contribution in [3.8, 4) is 11.5 Å². The molecule has 1 aliphatic rings. The molecule has 3 N–H and O–H groups in total. The summed E-state index contributed by atoms with van der Waals surface area (Å²) in [5.41, 5.74) is 6.35. The van der Waals surface area contributed by atoms with Gasteiger partial charge in [-0.2, -0.15) is 0 Å². The number of carbonyl (C=O) groups is 1. The van der Waals surface area contributed by atoms with Gasteiger partial charge in [0.2, 0.25) is 0 Å². The Morgan fingerprint density at radius 3 is 2.75 bits per heavy atom. The summed E-state index contributed by atoms with van der Waals surface area (Å²) in [5, 5.41) is 8.87. The Bertz CT molecular complexity index is 502. The number of halogens is 1. The third-order valence-electron chi connectivity index (χ3n) is 3.26. The number of carboxylic acid groups (broad SMARTS) is 1. The molecule has 0 spiro atoms. The highest BCUT2D eigenvalue weighted by atomic mass is 79.9. The van der Waals surface area contributed by atoms with Gasteiger partial charge in [-0.25, -0.2) is 0 Å². The fourth-order valence-corrected chi connectivity index (χ4v) is 2.31. The van der Waals surface area contributed by atoms with E-state index in [-0.39, 0.29) is 6.42 Å². The highest BCUT2D eigenvalue weighted by Gasteiger charge is 2.23. The molecule has 0 radical (unpaired) electrons. The van der Waals surface area contributed by atoms with Crippen molar-refractivity contribution in [3.05, 3.63) is 22.2 Å². The quantitative estimate of drug-likeness (QED) is 0.793. The molecule has 1 fully saturated rings. The zero-order valence-electron chi connectivity index (χ0n) is 11.3. The molecule has 1 atom stereocenters. The first-order chi connectivity index (χ1) is 9.51. The smallest absolute Gasteiger partial charge is 0.320 e. The Hall–Kier alpha value is -1.27. The van der Waals surface area contributed by atoms with Crippen molar-refractivity contribution >= 4 is 21.9 Å². The molecule has 1 aromatic carbocycles. The first-order valence-electron chi connectivity index (χ1n) is 6.49. The molecule has 0 aliphatic heterocycles. The molecule has 6 heteroatoms. The van der Waals surface area contributed by atoms with Crippen LogP contribution in [0.5, 0.6) is 11.5 Å². The maximum Gasteiger partial charge on any atom is 0.320 e. The van der Waals surface area contributed by atoms with Gasteiger partial charge in [-0.05, 0) is 42.9 Å². The summed E-state index contributed by atoms with van der Waals surface area (Å²) in [7, 11) is 1.56. The zero-order valence-corrected chi connectivity index (χ0v) is 12.9. The number of carboxylic acids is 1. The summed E-state index contributed by atoms with van der Waals surface area (Å²) in [6.07, 6.45) is 2.67. The Kier molecular flexibility index (Phi) is 4.88. The van der Waals surface area contributed by atoms with Crippen LogP contribution in [0, 0.1) is 5.92 Å². The summed E-state index contributed by atoms with van der Waals surface area (Å²) in [5.74, 6) is 0.892.